The zero-order chi connectivity index (χ0) is 21.1. The predicted molar refractivity (Wildman–Crippen MR) is 111 cm³/mol. The van der Waals surface area contributed by atoms with Crippen LogP contribution in [0.4, 0.5) is 5.69 Å². The van der Waals surface area contributed by atoms with Gasteiger partial charge in [-0.3, -0.25) is 19.3 Å². The first-order valence-electron chi connectivity index (χ1n) is 10.7. The van der Waals surface area contributed by atoms with Crippen molar-refractivity contribution in [3.05, 3.63) is 23.8 Å². The minimum absolute atomic E-state index is 0.00323. The first-order valence-corrected chi connectivity index (χ1v) is 10.7. The molecule has 4 rings (SSSR count). The Morgan fingerprint density at radius 1 is 1.17 bits per heavy atom. The molecule has 2 amide bonds. The van der Waals surface area contributed by atoms with Gasteiger partial charge in [-0.05, 0) is 31.0 Å². The number of likely N-dealkylation sites (tertiary alicyclic amines) is 1. The van der Waals surface area contributed by atoms with Gasteiger partial charge in [0, 0.05) is 50.1 Å². The van der Waals surface area contributed by atoms with Gasteiger partial charge >= 0.3 is 0 Å². The maximum atomic E-state index is 13.0. The number of hydrogen-bond acceptors (Lipinski definition) is 6. The van der Waals surface area contributed by atoms with E-state index >= 15 is 0 Å². The highest BCUT2D eigenvalue weighted by Gasteiger charge is 2.31. The van der Waals surface area contributed by atoms with Gasteiger partial charge in [-0.2, -0.15) is 0 Å². The van der Waals surface area contributed by atoms with Gasteiger partial charge in [0.2, 0.25) is 5.91 Å². The van der Waals surface area contributed by atoms with Gasteiger partial charge in [-0.15, -0.1) is 0 Å². The smallest absolute Gasteiger partial charge is 0.262 e. The second-order valence-corrected chi connectivity index (χ2v) is 8.33. The van der Waals surface area contributed by atoms with Gasteiger partial charge in [0.25, 0.3) is 5.91 Å². The Labute approximate surface area is 176 Å². The topological polar surface area (TPSA) is 88.2 Å². The van der Waals surface area contributed by atoms with Crippen LogP contribution in [0.25, 0.3) is 0 Å². The lowest BCUT2D eigenvalue weighted by Gasteiger charge is -2.35. The number of nitrogens with one attached hydrogen (secondary N) is 1. The maximum absolute atomic E-state index is 13.0. The van der Waals surface area contributed by atoms with Gasteiger partial charge in [0.05, 0.1) is 18.9 Å². The molecular formula is C22H29N3O5. The van der Waals surface area contributed by atoms with Crippen LogP contribution in [0.5, 0.6) is 5.75 Å². The SMILES string of the molecule is C[C@H](CN1CCOCC1)C(=O)N1CCC(C(=O)c2ccc3c(c2)NC(=O)CO3)CC1. The van der Waals surface area contributed by atoms with Crippen molar-refractivity contribution in [1.82, 2.24) is 9.80 Å². The minimum Gasteiger partial charge on any atom is -0.482 e. The highest BCUT2D eigenvalue weighted by molar-refractivity contribution is 6.01. The molecule has 1 aromatic rings. The Morgan fingerprint density at radius 2 is 1.90 bits per heavy atom. The summed E-state index contributed by atoms with van der Waals surface area (Å²) in [6.07, 6.45) is 1.32. The number of carbonyl (C=O) groups is 3. The predicted octanol–water partition coefficient (Wildman–Crippen LogP) is 1.41. The molecule has 0 bridgehead atoms. The second-order valence-electron chi connectivity index (χ2n) is 8.33. The Balaban J connectivity index is 1.30. The summed E-state index contributed by atoms with van der Waals surface area (Å²) >= 11 is 0. The molecule has 0 saturated carbocycles. The van der Waals surface area contributed by atoms with E-state index in [9.17, 15) is 14.4 Å². The molecule has 0 unspecified atom stereocenters. The molecule has 8 heteroatoms. The fourth-order valence-corrected chi connectivity index (χ4v) is 4.39. The second kappa shape index (κ2) is 9.14. The van der Waals surface area contributed by atoms with E-state index < -0.39 is 0 Å². The number of rotatable bonds is 5. The number of benzene rings is 1. The Kier molecular flexibility index (Phi) is 6.34. The van der Waals surface area contributed by atoms with Crippen LogP contribution in [-0.4, -0.2) is 79.9 Å². The van der Waals surface area contributed by atoms with Gasteiger partial charge < -0.3 is 19.7 Å². The summed E-state index contributed by atoms with van der Waals surface area (Å²) in [4.78, 5) is 41.5. The van der Waals surface area contributed by atoms with Crippen LogP contribution in [0.15, 0.2) is 18.2 Å². The first kappa shape index (κ1) is 20.8. The van der Waals surface area contributed by atoms with Crippen molar-refractivity contribution in [3.8, 4) is 5.75 Å². The fourth-order valence-electron chi connectivity index (χ4n) is 4.39. The van der Waals surface area contributed by atoms with Gasteiger partial charge in [0.15, 0.2) is 12.4 Å². The lowest BCUT2D eigenvalue weighted by atomic mass is 9.88. The van der Waals surface area contributed by atoms with Crippen molar-refractivity contribution in [2.24, 2.45) is 11.8 Å². The number of ketones is 1. The molecule has 2 saturated heterocycles. The lowest BCUT2D eigenvalue weighted by molar-refractivity contribution is -0.137. The zero-order valence-corrected chi connectivity index (χ0v) is 17.4. The summed E-state index contributed by atoms with van der Waals surface area (Å²) in [5, 5.41) is 2.75. The molecule has 1 N–H and O–H groups in total. The molecule has 1 aromatic carbocycles. The minimum atomic E-state index is -0.217. The standard InChI is InChI=1S/C22H29N3O5/c1-15(13-24-8-10-29-11-9-24)22(28)25-6-4-16(5-7-25)21(27)17-2-3-19-18(12-17)23-20(26)14-30-19/h2-3,12,15-16H,4-11,13-14H2,1H3,(H,23,26)/t15-/m1/s1. The van der Waals surface area contributed by atoms with Crippen LogP contribution >= 0.6 is 0 Å². The van der Waals surface area contributed by atoms with E-state index in [1.807, 2.05) is 11.8 Å². The number of fused-ring (bicyclic) bond motifs is 1. The van der Waals surface area contributed by atoms with E-state index in [1.54, 1.807) is 18.2 Å². The molecule has 0 spiro atoms. The molecule has 0 aliphatic carbocycles. The molecule has 0 aromatic heterocycles. The molecule has 0 radical (unpaired) electrons. The summed E-state index contributed by atoms with van der Waals surface area (Å²) in [6.45, 7) is 7.15. The summed E-state index contributed by atoms with van der Waals surface area (Å²) < 4.78 is 10.7. The largest absolute Gasteiger partial charge is 0.482 e. The maximum Gasteiger partial charge on any atom is 0.262 e. The van der Waals surface area contributed by atoms with Crippen LogP contribution < -0.4 is 10.1 Å². The summed E-state index contributed by atoms with van der Waals surface area (Å²) in [7, 11) is 0. The monoisotopic (exact) mass is 415 g/mol. The summed E-state index contributed by atoms with van der Waals surface area (Å²) in [6, 6.07) is 5.17. The number of anilines is 1. The van der Waals surface area contributed by atoms with Crippen molar-refractivity contribution in [2.75, 3.05) is 57.9 Å². The number of amides is 2. The van der Waals surface area contributed by atoms with Crippen LogP contribution in [0.1, 0.15) is 30.1 Å². The molecule has 162 valence electrons. The molecule has 8 nitrogen and oxygen atoms in total. The third kappa shape index (κ3) is 4.65. The quantitative estimate of drug-likeness (QED) is 0.732. The first-order chi connectivity index (χ1) is 14.5. The van der Waals surface area contributed by atoms with Gasteiger partial charge in [0.1, 0.15) is 5.75 Å². The highest BCUT2D eigenvalue weighted by atomic mass is 16.5. The van der Waals surface area contributed by atoms with E-state index in [0.717, 1.165) is 32.8 Å². The van der Waals surface area contributed by atoms with Crippen molar-refractivity contribution < 1.29 is 23.9 Å². The molecule has 3 heterocycles. The lowest BCUT2D eigenvalue weighted by Crippen LogP contribution is -2.46. The molecule has 30 heavy (non-hydrogen) atoms. The number of carbonyl (C=O) groups excluding carboxylic acids is 3. The number of nitrogens with zero attached hydrogens (tertiary/aromatic N) is 2. The van der Waals surface area contributed by atoms with Gasteiger partial charge in [-0.25, -0.2) is 0 Å². The van der Waals surface area contributed by atoms with Crippen LogP contribution in [0.3, 0.4) is 0 Å². The van der Waals surface area contributed by atoms with E-state index in [1.165, 1.54) is 0 Å². The Morgan fingerprint density at radius 3 is 2.63 bits per heavy atom. The number of piperidine rings is 1. The Bertz CT molecular complexity index is 813. The molecule has 3 aliphatic rings. The van der Waals surface area contributed by atoms with Crippen LogP contribution in [0.2, 0.25) is 0 Å². The van der Waals surface area contributed by atoms with E-state index in [4.69, 9.17) is 9.47 Å². The highest BCUT2D eigenvalue weighted by Crippen LogP contribution is 2.31. The number of morpholine rings is 1. The van der Waals surface area contributed by atoms with Gasteiger partial charge in [-0.1, -0.05) is 6.92 Å². The third-order valence-electron chi connectivity index (χ3n) is 6.13. The summed E-state index contributed by atoms with van der Waals surface area (Å²) in [5.74, 6) is 0.430. The van der Waals surface area contributed by atoms with Crippen molar-refractivity contribution in [1.29, 1.82) is 0 Å². The number of ether oxygens (including phenoxy) is 2. The molecule has 3 aliphatic heterocycles. The molecular weight excluding hydrogens is 386 g/mol. The average molecular weight is 415 g/mol. The van der Waals surface area contributed by atoms with Crippen molar-refractivity contribution in [3.63, 3.8) is 0 Å². The fraction of sp³-hybridized carbons (Fsp3) is 0.591. The number of hydrogen-bond donors (Lipinski definition) is 1. The molecule has 2 fully saturated rings. The normalized spacial score (nSPS) is 21.4. The Hall–Kier alpha value is -2.45. The van der Waals surface area contributed by atoms with E-state index in [-0.39, 0.29) is 36.0 Å². The van der Waals surface area contributed by atoms with Crippen molar-refractivity contribution in [2.45, 2.75) is 19.8 Å². The third-order valence-corrected chi connectivity index (χ3v) is 6.13. The zero-order valence-electron chi connectivity index (χ0n) is 17.4. The average Bonchev–Trinajstić information content (AvgIpc) is 2.78. The van der Waals surface area contributed by atoms with Crippen LogP contribution in [0, 0.1) is 11.8 Å². The number of Topliss-reactive ketones (excluding diaryl/α,β-unsaturated/α-hetero) is 1. The van der Waals surface area contributed by atoms with Crippen molar-refractivity contribution >= 4 is 23.3 Å². The van der Waals surface area contributed by atoms with Crippen LogP contribution in [-0.2, 0) is 14.3 Å². The van der Waals surface area contributed by atoms with E-state index in [2.05, 4.69) is 10.2 Å². The molecule has 1 atom stereocenters. The van der Waals surface area contributed by atoms with E-state index in [0.29, 0.717) is 42.9 Å². The summed E-state index contributed by atoms with van der Waals surface area (Å²) in [5.41, 5.74) is 1.12.